The second-order valence-electron chi connectivity index (χ2n) is 10.5. The van der Waals surface area contributed by atoms with Gasteiger partial charge in [-0.1, -0.05) is 89.2 Å². The summed E-state index contributed by atoms with van der Waals surface area (Å²) in [5.74, 6) is 1.01. The fourth-order valence-electron chi connectivity index (χ4n) is 4.24. The summed E-state index contributed by atoms with van der Waals surface area (Å²) in [6.45, 7) is 11.6. The topological polar surface area (TPSA) is 59.9 Å². The molecule has 0 aliphatic rings. The van der Waals surface area contributed by atoms with Crippen molar-refractivity contribution in [2.75, 3.05) is 6.61 Å². The zero-order valence-electron chi connectivity index (χ0n) is 21.4. The van der Waals surface area contributed by atoms with E-state index in [1.165, 1.54) is 5.56 Å². The van der Waals surface area contributed by atoms with Gasteiger partial charge >= 0.3 is 0 Å². The van der Waals surface area contributed by atoms with Gasteiger partial charge in [-0.05, 0) is 52.6 Å². The first kappa shape index (κ1) is 26.0. The van der Waals surface area contributed by atoms with Crippen LogP contribution in [0.2, 0.25) is 0 Å². The van der Waals surface area contributed by atoms with Crippen LogP contribution in [0.4, 0.5) is 0 Å². The maximum Gasteiger partial charge on any atom is 0.277 e. The average molecular weight is 473 g/mol. The van der Waals surface area contributed by atoms with Crippen LogP contribution >= 0.6 is 0 Å². The maximum absolute atomic E-state index is 12.2. The maximum atomic E-state index is 12.2. The number of para-hydroxylation sites is 1. The van der Waals surface area contributed by atoms with E-state index in [0.29, 0.717) is 18.1 Å². The lowest BCUT2D eigenvalue weighted by molar-refractivity contribution is -0.123. The van der Waals surface area contributed by atoms with Crippen molar-refractivity contribution in [2.45, 2.75) is 53.1 Å². The van der Waals surface area contributed by atoms with Crippen molar-refractivity contribution in [1.82, 2.24) is 5.43 Å². The van der Waals surface area contributed by atoms with Gasteiger partial charge in [0.05, 0.1) is 6.21 Å². The number of nitrogens with one attached hydrogen (secondary N) is 1. The van der Waals surface area contributed by atoms with Crippen LogP contribution in [0.3, 0.4) is 0 Å². The Bertz CT molecular complexity index is 1110. The van der Waals surface area contributed by atoms with Gasteiger partial charge in [0.2, 0.25) is 0 Å². The molecule has 0 bridgehead atoms. The van der Waals surface area contributed by atoms with Crippen molar-refractivity contribution in [3.63, 3.8) is 0 Å². The fraction of sp³-hybridized carbons (Fsp3) is 0.333. The van der Waals surface area contributed by atoms with Crippen molar-refractivity contribution in [1.29, 1.82) is 0 Å². The summed E-state index contributed by atoms with van der Waals surface area (Å²) >= 11 is 0. The monoisotopic (exact) mass is 472 g/mol. The van der Waals surface area contributed by atoms with Gasteiger partial charge in [-0.3, -0.25) is 4.79 Å². The van der Waals surface area contributed by atoms with Crippen LogP contribution in [0.1, 0.15) is 57.7 Å². The van der Waals surface area contributed by atoms with E-state index in [1.54, 1.807) is 6.21 Å². The molecule has 0 spiro atoms. The molecule has 0 aliphatic heterocycles. The third-order valence-electron chi connectivity index (χ3n) is 5.53. The molecule has 0 aromatic heterocycles. The quantitative estimate of drug-likeness (QED) is 0.270. The summed E-state index contributed by atoms with van der Waals surface area (Å²) in [6.07, 6.45) is 2.64. The molecule has 3 rings (SSSR count). The molecule has 0 fully saturated rings. The molecule has 5 heteroatoms. The Morgan fingerprint density at radius 2 is 1.51 bits per heavy atom. The Labute approximate surface area is 209 Å². The Hall–Kier alpha value is -3.60. The molecule has 0 heterocycles. The first-order chi connectivity index (χ1) is 16.6. The number of hydrogen-bond acceptors (Lipinski definition) is 4. The summed E-state index contributed by atoms with van der Waals surface area (Å²) < 4.78 is 11.6. The SMILES string of the molecule is CC(C)(C)CC(C)(C)c1ccc(OCC(=O)N/N=C/c2ccccc2OCc2ccccc2)cc1. The number of amides is 1. The van der Waals surface area contributed by atoms with Gasteiger partial charge < -0.3 is 9.47 Å². The van der Waals surface area contributed by atoms with Gasteiger partial charge in [0.1, 0.15) is 18.1 Å². The first-order valence-corrected chi connectivity index (χ1v) is 11.9. The highest BCUT2D eigenvalue weighted by molar-refractivity contribution is 5.85. The molecule has 0 aliphatic carbocycles. The molecule has 3 aromatic rings. The molecule has 35 heavy (non-hydrogen) atoms. The van der Waals surface area contributed by atoms with Gasteiger partial charge in [0.25, 0.3) is 5.91 Å². The lowest BCUT2D eigenvalue weighted by Gasteiger charge is -2.33. The number of carbonyl (C=O) groups is 1. The minimum Gasteiger partial charge on any atom is -0.488 e. The number of rotatable bonds is 10. The third-order valence-corrected chi connectivity index (χ3v) is 5.53. The third kappa shape index (κ3) is 8.60. The predicted octanol–water partition coefficient (Wildman–Crippen LogP) is 6.51. The number of nitrogens with zero attached hydrogens (tertiary/aromatic N) is 1. The van der Waals surface area contributed by atoms with Gasteiger partial charge in [-0.15, -0.1) is 0 Å². The van der Waals surface area contributed by atoms with Crippen LogP contribution in [0.15, 0.2) is 84.0 Å². The normalized spacial score (nSPS) is 11.9. The Morgan fingerprint density at radius 3 is 2.20 bits per heavy atom. The molecule has 184 valence electrons. The predicted molar refractivity (Wildman–Crippen MR) is 142 cm³/mol. The zero-order valence-corrected chi connectivity index (χ0v) is 21.4. The summed E-state index contributed by atoms with van der Waals surface area (Å²) in [4.78, 5) is 12.2. The Balaban J connectivity index is 1.49. The van der Waals surface area contributed by atoms with E-state index >= 15 is 0 Å². The number of hydrazone groups is 1. The van der Waals surface area contributed by atoms with Crippen molar-refractivity contribution in [3.8, 4) is 11.5 Å². The van der Waals surface area contributed by atoms with E-state index in [9.17, 15) is 4.79 Å². The van der Waals surface area contributed by atoms with Gasteiger partial charge in [0, 0.05) is 5.56 Å². The van der Waals surface area contributed by atoms with Gasteiger partial charge in [-0.25, -0.2) is 5.43 Å². The minimum atomic E-state index is -0.332. The zero-order chi connectivity index (χ0) is 25.3. The van der Waals surface area contributed by atoms with Crippen molar-refractivity contribution >= 4 is 12.1 Å². The lowest BCUT2D eigenvalue weighted by Crippen LogP contribution is -2.25. The molecule has 0 atom stereocenters. The second-order valence-corrected chi connectivity index (χ2v) is 10.5. The average Bonchev–Trinajstić information content (AvgIpc) is 2.81. The molecule has 0 radical (unpaired) electrons. The highest BCUT2D eigenvalue weighted by atomic mass is 16.5. The van der Waals surface area contributed by atoms with Crippen LogP contribution in [-0.4, -0.2) is 18.7 Å². The lowest BCUT2D eigenvalue weighted by atomic mass is 9.72. The van der Waals surface area contributed by atoms with Crippen LogP contribution < -0.4 is 14.9 Å². The molecular weight excluding hydrogens is 436 g/mol. The largest absolute Gasteiger partial charge is 0.488 e. The van der Waals surface area contributed by atoms with E-state index in [1.807, 2.05) is 66.7 Å². The summed E-state index contributed by atoms with van der Waals surface area (Å²) in [7, 11) is 0. The van der Waals surface area contributed by atoms with Crippen LogP contribution in [0.5, 0.6) is 11.5 Å². The van der Waals surface area contributed by atoms with Crippen molar-refractivity contribution in [3.05, 3.63) is 95.6 Å². The van der Waals surface area contributed by atoms with E-state index in [0.717, 1.165) is 17.5 Å². The minimum absolute atomic E-state index is 0.0595. The highest BCUT2D eigenvalue weighted by Gasteiger charge is 2.27. The van der Waals surface area contributed by atoms with Gasteiger partial charge in [0.15, 0.2) is 6.61 Å². The van der Waals surface area contributed by atoms with E-state index in [4.69, 9.17) is 9.47 Å². The van der Waals surface area contributed by atoms with E-state index < -0.39 is 0 Å². The number of hydrogen-bond donors (Lipinski definition) is 1. The molecular formula is C30H36N2O3. The van der Waals surface area contributed by atoms with Crippen molar-refractivity contribution in [2.24, 2.45) is 10.5 Å². The van der Waals surface area contributed by atoms with Crippen LogP contribution in [-0.2, 0) is 16.8 Å². The molecule has 5 nitrogen and oxygen atoms in total. The number of carbonyl (C=O) groups excluding carboxylic acids is 1. The number of benzene rings is 3. The number of ether oxygens (including phenoxy) is 2. The summed E-state index contributed by atoms with van der Waals surface area (Å²) in [5, 5.41) is 4.07. The molecule has 0 saturated carbocycles. The summed E-state index contributed by atoms with van der Waals surface area (Å²) in [6, 6.07) is 25.5. The molecule has 0 saturated heterocycles. The summed E-state index contributed by atoms with van der Waals surface area (Å²) in [5.41, 5.74) is 5.92. The highest BCUT2D eigenvalue weighted by Crippen LogP contribution is 2.36. The first-order valence-electron chi connectivity index (χ1n) is 11.9. The molecule has 3 aromatic carbocycles. The standard InChI is InChI=1S/C30H36N2O3/c1-29(2,3)22-30(4,5)25-15-17-26(18-16-25)34-21-28(33)32-31-19-24-13-9-10-14-27(24)35-20-23-11-7-6-8-12-23/h6-19H,20-22H2,1-5H3,(H,32,33)/b31-19+. The molecule has 1 amide bonds. The van der Waals surface area contributed by atoms with E-state index in [2.05, 4.69) is 57.3 Å². The van der Waals surface area contributed by atoms with Crippen LogP contribution in [0.25, 0.3) is 0 Å². The molecule has 1 N–H and O–H groups in total. The van der Waals surface area contributed by atoms with E-state index in [-0.39, 0.29) is 23.3 Å². The Kier molecular flexibility index (Phi) is 8.69. The fourth-order valence-corrected chi connectivity index (χ4v) is 4.24. The van der Waals surface area contributed by atoms with Crippen LogP contribution in [0, 0.1) is 5.41 Å². The smallest absolute Gasteiger partial charge is 0.277 e. The van der Waals surface area contributed by atoms with Crippen molar-refractivity contribution < 1.29 is 14.3 Å². The second kappa shape index (κ2) is 11.7. The Morgan fingerprint density at radius 1 is 0.857 bits per heavy atom. The van der Waals surface area contributed by atoms with Gasteiger partial charge in [-0.2, -0.15) is 5.10 Å². The molecule has 0 unspecified atom stereocenters.